The molecule has 0 radical (unpaired) electrons. The molecule has 3 heteroatoms. The van der Waals surface area contributed by atoms with Crippen LogP contribution in [0.3, 0.4) is 0 Å². The second-order valence-electron chi connectivity index (χ2n) is 6.77. The molecule has 1 aliphatic carbocycles. The van der Waals surface area contributed by atoms with Gasteiger partial charge in [0.15, 0.2) is 11.5 Å². The molecule has 3 nitrogen and oxygen atoms in total. The maximum absolute atomic E-state index is 10.8. The van der Waals surface area contributed by atoms with Gasteiger partial charge in [0, 0.05) is 6.42 Å². The minimum atomic E-state index is 0.211. The fraction of sp³-hybridized carbons (Fsp3) is 0.526. The van der Waals surface area contributed by atoms with Gasteiger partial charge in [-0.2, -0.15) is 0 Å². The van der Waals surface area contributed by atoms with Crippen LogP contribution in [0, 0.1) is 5.41 Å². The largest absolute Gasteiger partial charge is 0.454 e. The van der Waals surface area contributed by atoms with Gasteiger partial charge in [0.05, 0.1) is 0 Å². The van der Waals surface area contributed by atoms with E-state index >= 15 is 0 Å². The second-order valence-corrected chi connectivity index (χ2v) is 6.77. The maximum Gasteiger partial charge on any atom is 0.231 e. The van der Waals surface area contributed by atoms with Crippen LogP contribution in [0.4, 0.5) is 0 Å². The van der Waals surface area contributed by atoms with Gasteiger partial charge in [-0.15, -0.1) is 0 Å². The van der Waals surface area contributed by atoms with Gasteiger partial charge in [0.25, 0.3) is 0 Å². The number of Topliss-reactive ketones (excluding diaryl/α,β-unsaturated/α-hetero) is 1. The molecule has 1 aromatic rings. The Kier molecular flexibility index (Phi) is 5.64. The van der Waals surface area contributed by atoms with Crippen LogP contribution in [-0.2, 0) is 11.2 Å². The van der Waals surface area contributed by atoms with E-state index in [-0.39, 0.29) is 5.78 Å². The van der Waals surface area contributed by atoms with Crippen LogP contribution in [0.25, 0.3) is 0 Å². The molecule has 1 heterocycles. The molecular formula is C19H26O3. The van der Waals surface area contributed by atoms with Gasteiger partial charge in [-0.1, -0.05) is 32.1 Å². The van der Waals surface area contributed by atoms with Crippen LogP contribution < -0.4 is 9.47 Å². The number of hydrogen-bond donors (Lipinski definition) is 0. The number of carbonyl (C=O) groups excluding carboxylic acids is 1. The number of fused-ring (bicyclic) bond motifs is 1. The quantitative estimate of drug-likeness (QED) is 0.760. The molecule has 0 N–H and O–H groups in total. The summed E-state index contributed by atoms with van der Waals surface area (Å²) in [4.78, 5) is 10.8. The number of carbonyl (C=O) groups is 1. The van der Waals surface area contributed by atoms with Crippen molar-refractivity contribution in [1.82, 2.24) is 0 Å². The molecule has 0 unspecified atom stereocenters. The molecule has 120 valence electrons. The van der Waals surface area contributed by atoms with Crippen molar-refractivity contribution in [2.24, 2.45) is 5.41 Å². The molecule has 2 aliphatic rings. The van der Waals surface area contributed by atoms with Gasteiger partial charge in [0.1, 0.15) is 5.78 Å². The highest BCUT2D eigenvalue weighted by Crippen LogP contribution is 2.32. The number of benzene rings is 1. The SMILES string of the molecule is CC(=O)CCc1ccc2c(c1)OCO2.CC1(C)CC=CCC1. The van der Waals surface area contributed by atoms with Crippen LogP contribution in [-0.4, -0.2) is 12.6 Å². The molecular weight excluding hydrogens is 276 g/mol. The monoisotopic (exact) mass is 302 g/mol. The van der Waals surface area contributed by atoms with Crippen LogP contribution >= 0.6 is 0 Å². The first kappa shape index (κ1) is 16.6. The van der Waals surface area contributed by atoms with Gasteiger partial charge in [-0.25, -0.2) is 0 Å². The Hall–Kier alpha value is -1.77. The summed E-state index contributed by atoms with van der Waals surface area (Å²) in [5.41, 5.74) is 1.71. The van der Waals surface area contributed by atoms with Crippen molar-refractivity contribution in [2.45, 2.75) is 52.9 Å². The molecule has 0 spiro atoms. The number of ether oxygens (including phenoxy) is 2. The predicted molar refractivity (Wildman–Crippen MR) is 88.3 cm³/mol. The molecule has 0 fully saturated rings. The zero-order chi connectivity index (χ0) is 16.0. The first-order chi connectivity index (χ1) is 10.5. The average molecular weight is 302 g/mol. The summed E-state index contributed by atoms with van der Waals surface area (Å²) in [6.07, 6.45) is 9.85. The molecule has 0 saturated carbocycles. The second kappa shape index (κ2) is 7.48. The van der Waals surface area contributed by atoms with E-state index in [1.165, 1.54) is 19.3 Å². The Bertz CT molecular complexity index is 544. The van der Waals surface area contributed by atoms with Gasteiger partial charge < -0.3 is 14.3 Å². The first-order valence-electron chi connectivity index (χ1n) is 7.99. The maximum atomic E-state index is 10.8. The molecule has 0 amide bonds. The molecule has 0 saturated heterocycles. The van der Waals surface area contributed by atoms with Gasteiger partial charge in [-0.05, 0) is 55.7 Å². The molecule has 1 aliphatic heterocycles. The standard InChI is InChI=1S/C11H12O3.C8H14/c1-8(12)2-3-9-4-5-10-11(6-9)14-7-13-10;1-8(2)6-4-3-5-7-8/h4-6H,2-3,7H2,1H3;3-4H,5-7H2,1-2H3. The lowest BCUT2D eigenvalue weighted by atomic mass is 9.81. The Balaban J connectivity index is 0.000000188. The van der Waals surface area contributed by atoms with E-state index < -0.39 is 0 Å². The van der Waals surface area contributed by atoms with Crippen molar-refractivity contribution in [3.8, 4) is 11.5 Å². The van der Waals surface area contributed by atoms with Crippen molar-refractivity contribution >= 4 is 5.78 Å². The lowest BCUT2D eigenvalue weighted by Gasteiger charge is -2.24. The van der Waals surface area contributed by atoms with Gasteiger partial charge in [-0.3, -0.25) is 0 Å². The predicted octanol–water partition coefficient (Wildman–Crippen LogP) is 4.69. The number of hydrogen-bond acceptors (Lipinski definition) is 3. The summed E-state index contributed by atoms with van der Waals surface area (Å²) in [5.74, 6) is 1.78. The van der Waals surface area contributed by atoms with E-state index in [0.29, 0.717) is 18.6 Å². The number of allylic oxidation sites excluding steroid dienone is 2. The fourth-order valence-electron chi connectivity index (χ4n) is 2.51. The third-order valence-corrected chi connectivity index (χ3v) is 4.03. The Morgan fingerprint density at radius 1 is 1.18 bits per heavy atom. The molecule has 0 aromatic heterocycles. The lowest BCUT2D eigenvalue weighted by molar-refractivity contribution is -0.116. The van der Waals surface area contributed by atoms with Crippen molar-refractivity contribution < 1.29 is 14.3 Å². The molecule has 3 rings (SSSR count). The average Bonchev–Trinajstić information content (AvgIpc) is 2.93. The summed E-state index contributed by atoms with van der Waals surface area (Å²) in [6.45, 7) is 6.56. The van der Waals surface area contributed by atoms with Crippen molar-refractivity contribution in [3.05, 3.63) is 35.9 Å². The van der Waals surface area contributed by atoms with Gasteiger partial charge >= 0.3 is 0 Å². The van der Waals surface area contributed by atoms with E-state index in [9.17, 15) is 4.79 Å². The summed E-state index contributed by atoms with van der Waals surface area (Å²) in [6, 6.07) is 5.79. The lowest BCUT2D eigenvalue weighted by Crippen LogP contribution is -2.11. The Morgan fingerprint density at radius 3 is 2.55 bits per heavy atom. The van der Waals surface area contributed by atoms with Crippen molar-refractivity contribution in [3.63, 3.8) is 0 Å². The molecule has 1 aromatic carbocycles. The Labute approximate surface area is 133 Å². The fourth-order valence-corrected chi connectivity index (χ4v) is 2.51. The van der Waals surface area contributed by atoms with E-state index in [2.05, 4.69) is 26.0 Å². The molecule has 0 atom stereocenters. The normalized spacial score (nSPS) is 17.6. The minimum Gasteiger partial charge on any atom is -0.454 e. The van der Waals surface area contributed by atoms with Crippen molar-refractivity contribution in [2.75, 3.05) is 6.79 Å². The first-order valence-corrected chi connectivity index (χ1v) is 7.99. The number of ketones is 1. The highest BCUT2D eigenvalue weighted by molar-refractivity contribution is 5.75. The zero-order valence-corrected chi connectivity index (χ0v) is 13.9. The summed E-state index contributed by atoms with van der Waals surface area (Å²) in [5, 5.41) is 0. The smallest absolute Gasteiger partial charge is 0.231 e. The molecule has 22 heavy (non-hydrogen) atoms. The van der Waals surface area contributed by atoms with E-state index in [1.807, 2.05) is 18.2 Å². The zero-order valence-electron chi connectivity index (χ0n) is 13.9. The van der Waals surface area contributed by atoms with Crippen LogP contribution in [0.15, 0.2) is 30.4 Å². The van der Waals surface area contributed by atoms with E-state index in [1.54, 1.807) is 6.92 Å². The van der Waals surface area contributed by atoms with Crippen LogP contribution in [0.5, 0.6) is 11.5 Å². The number of aryl methyl sites for hydroxylation is 1. The third-order valence-electron chi connectivity index (χ3n) is 4.03. The minimum absolute atomic E-state index is 0.211. The van der Waals surface area contributed by atoms with Crippen molar-refractivity contribution in [1.29, 1.82) is 0 Å². The highest BCUT2D eigenvalue weighted by Gasteiger charge is 2.16. The van der Waals surface area contributed by atoms with Crippen LogP contribution in [0.2, 0.25) is 0 Å². The Morgan fingerprint density at radius 2 is 1.95 bits per heavy atom. The molecule has 0 bridgehead atoms. The highest BCUT2D eigenvalue weighted by atomic mass is 16.7. The third kappa shape index (κ3) is 5.21. The summed E-state index contributed by atoms with van der Waals surface area (Å²) < 4.78 is 10.4. The topological polar surface area (TPSA) is 35.5 Å². The van der Waals surface area contributed by atoms with E-state index in [0.717, 1.165) is 23.5 Å². The number of rotatable bonds is 3. The van der Waals surface area contributed by atoms with Gasteiger partial charge in [0.2, 0.25) is 6.79 Å². The van der Waals surface area contributed by atoms with Crippen LogP contribution in [0.1, 0.15) is 52.0 Å². The van der Waals surface area contributed by atoms with E-state index in [4.69, 9.17) is 9.47 Å². The summed E-state index contributed by atoms with van der Waals surface area (Å²) >= 11 is 0. The summed E-state index contributed by atoms with van der Waals surface area (Å²) in [7, 11) is 0.